The molecule has 38 heavy (non-hydrogen) atoms. The van der Waals surface area contributed by atoms with Gasteiger partial charge in [0.15, 0.2) is 0 Å². The molecule has 0 spiro atoms. The first kappa shape index (κ1) is 24.4. The molecule has 0 amide bonds. The zero-order valence-corrected chi connectivity index (χ0v) is 23.4. The highest BCUT2D eigenvalue weighted by Crippen LogP contribution is 2.45. The van der Waals surface area contributed by atoms with E-state index in [4.69, 9.17) is 0 Å². The zero-order valence-electron chi connectivity index (χ0n) is 23.4. The highest BCUT2D eigenvalue weighted by atomic mass is 14.2. The number of hydrogen-bond acceptors (Lipinski definition) is 0. The molecular formula is C38H36. The highest BCUT2D eigenvalue weighted by molar-refractivity contribution is 6.21. The molecule has 6 aromatic rings. The summed E-state index contributed by atoms with van der Waals surface area (Å²) in [5.74, 6) is 0. The van der Waals surface area contributed by atoms with Crippen LogP contribution in [0.2, 0.25) is 0 Å². The van der Waals surface area contributed by atoms with Gasteiger partial charge in [0.05, 0.1) is 0 Å². The van der Waals surface area contributed by atoms with E-state index in [0.717, 1.165) is 0 Å². The maximum Gasteiger partial charge on any atom is -0.00261 e. The number of fused-ring (bicyclic) bond motifs is 3. The maximum atomic E-state index is 2.44. The molecule has 0 aliphatic rings. The van der Waals surface area contributed by atoms with Gasteiger partial charge in [-0.25, -0.2) is 0 Å². The van der Waals surface area contributed by atoms with E-state index in [9.17, 15) is 0 Å². The molecule has 6 rings (SSSR count). The molecule has 0 unspecified atom stereocenters. The van der Waals surface area contributed by atoms with Gasteiger partial charge in [0.1, 0.15) is 0 Å². The van der Waals surface area contributed by atoms with Crippen molar-refractivity contribution in [3.63, 3.8) is 0 Å². The van der Waals surface area contributed by atoms with Crippen molar-refractivity contribution >= 4 is 32.3 Å². The largest absolute Gasteiger partial charge is 0.0616 e. The first-order valence-electron chi connectivity index (χ1n) is 13.7. The molecule has 0 heterocycles. The molecule has 0 atom stereocenters. The van der Waals surface area contributed by atoms with Crippen LogP contribution in [0.5, 0.6) is 0 Å². The predicted octanol–water partition coefficient (Wildman–Crippen LogP) is 11.1. The second kappa shape index (κ2) is 8.84. The summed E-state index contributed by atoms with van der Waals surface area (Å²) >= 11 is 0. The van der Waals surface area contributed by atoms with Gasteiger partial charge in [-0.2, -0.15) is 0 Å². The third-order valence-corrected chi connectivity index (χ3v) is 7.97. The van der Waals surface area contributed by atoms with Crippen LogP contribution in [0.4, 0.5) is 0 Å². The number of rotatable bonds is 2. The van der Waals surface area contributed by atoms with Crippen LogP contribution in [0.3, 0.4) is 0 Å². The molecule has 0 N–H and O–H groups in total. The van der Waals surface area contributed by atoms with Gasteiger partial charge < -0.3 is 0 Å². The van der Waals surface area contributed by atoms with Crippen LogP contribution in [-0.4, -0.2) is 0 Å². The summed E-state index contributed by atoms with van der Waals surface area (Å²) in [4.78, 5) is 0. The second-order valence-electron chi connectivity index (χ2n) is 12.7. The van der Waals surface area contributed by atoms with Crippen molar-refractivity contribution in [2.24, 2.45) is 0 Å². The Kier molecular flexibility index (Phi) is 5.69. The van der Waals surface area contributed by atoms with Gasteiger partial charge in [0.2, 0.25) is 0 Å². The molecule has 6 aromatic carbocycles. The Morgan fingerprint density at radius 1 is 0.368 bits per heavy atom. The fraction of sp³-hybridized carbons (Fsp3) is 0.211. The summed E-state index contributed by atoms with van der Waals surface area (Å²) in [5, 5.41) is 7.78. The second-order valence-corrected chi connectivity index (χ2v) is 12.7. The molecule has 0 heteroatoms. The number of hydrogen-bond donors (Lipinski definition) is 0. The van der Waals surface area contributed by atoms with E-state index in [2.05, 4.69) is 151 Å². The van der Waals surface area contributed by atoms with Gasteiger partial charge in [0.25, 0.3) is 0 Å². The first-order chi connectivity index (χ1) is 18.1. The molecule has 0 aliphatic carbocycles. The van der Waals surface area contributed by atoms with Crippen LogP contribution in [0.1, 0.15) is 52.7 Å². The SMILES string of the molecule is CC(C)(C)c1ccc(-c2c3ccccc3c(-c3ccc4ccccc4c3)c3ccc(C(C)(C)C)cc23)cc1. The molecular weight excluding hydrogens is 456 g/mol. The van der Waals surface area contributed by atoms with Crippen molar-refractivity contribution < 1.29 is 0 Å². The molecule has 188 valence electrons. The van der Waals surface area contributed by atoms with E-state index >= 15 is 0 Å². The molecule has 0 bridgehead atoms. The lowest BCUT2D eigenvalue weighted by Crippen LogP contribution is -2.11. The smallest absolute Gasteiger partial charge is 0.00261 e. The van der Waals surface area contributed by atoms with Gasteiger partial charge in [-0.3, -0.25) is 0 Å². The lowest BCUT2D eigenvalue weighted by atomic mass is 9.80. The summed E-state index contributed by atoms with van der Waals surface area (Å²) in [6.45, 7) is 13.7. The third kappa shape index (κ3) is 4.19. The standard InChI is InChI=1S/C38H36/c1-37(2,3)29-19-17-26(18-20-29)35-31-13-9-10-14-32(31)36(28-16-15-25-11-7-8-12-27(25)23-28)33-22-21-30(24-34(33)35)38(4,5)6/h7-24H,1-6H3. The van der Waals surface area contributed by atoms with E-state index in [0.29, 0.717) is 0 Å². The van der Waals surface area contributed by atoms with Crippen LogP contribution in [0, 0.1) is 0 Å². The zero-order chi connectivity index (χ0) is 26.7. The maximum absolute atomic E-state index is 2.44. The van der Waals surface area contributed by atoms with Crippen LogP contribution in [0.15, 0.2) is 109 Å². The van der Waals surface area contributed by atoms with E-state index < -0.39 is 0 Å². The normalized spacial score (nSPS) is 12.5. The molecule has 0 aromatic heterocycles. The molecule has 0 aliphatic heterocycles. The van der Waals surface area contributed by atoms with Gasteiger partial charge in [-0.05, 0) is 88.7 Å². The van der Waals surface area contributed by atoms with E-state index in [-0.39, 0.29) is 10.8 Å². The summed E-state index contributed by atoms with van der Waals surface area (Å²) in [6, 6.07) is 40.9. The Hall–Kier alpha value is -3.90. The monoisotopic (exact) mass is 492 g/mol. The third-order valence-electron chi connectivity index (χ3n) is 7.97. The lowest BCUT2D eigenvalue weighted by molar-refractivity contribution is 0.590. The van der Waals surface area contributed by atoms with Crippen molar-refractivity contribution in [1.82, 2.24) is 0 Å². The van der Waals surface area contributed by atoms with Crippen molar-refractivity contribution in [3.8, 4) is 22.3 Å². The Bertz CT molecular complexity index is 1800. The topological polar surface area (TPSA) is 0 Å². The fourth-order valence-electron chi connectivity index (χ4n) is 5.75. The minimum absolute atomic E-state index is 0.0658. The average molecular weight is 493 g/mol. The Morgan fingerprint density at radius 3 is 1.50 bits per heavy atom. The van der Waals surface area contributed by atoms with Gasteiger partial charge in [-0.15, -0.1) is 0 Å². The van der Waals surface area contributed by atoms with Gasteiger partial charge in [-0.1, -0.05) is 139 Å². The van der Waals surface area contributed by atoms with Crippen molar-refractivity contribution in [2.45, 2.75) is 52.4 Å². The van der Waals surface area contributed by atoms with Gasteiger partial charge in [0, 0.05) is 0 Å². The Balaban J connectivity index is 1.73. The van der Waals surface area contributed by atoms with Crippen LogP contribution < -0.4 is 0 Å². The summed E-state index contributed by atoms with van der Waals surface area (Å²) in [5.41, 5.74) is 8.09. The van der Waals surface area contributed by atoms with Crippen LogP contribution in [0.25, 0.3) is 54.6 Å². The lowest BCUT2D eigenvalue weighted by Gasteiger charge is -2.23. The number of benzene rings is 6. The minimum atomic E-state index is 0.0658. The average Bonchev–Trinajstić information content (AvgIpc) is 2.90. The first-order valence-corrected chi connectivity index (χ1v) is 13.7. The quantitative estimate of drug-likeness (QED) is 0.211. The Labute approximate surface area is 227 Å². The highest BCUT2D eigenvalue weighted by Gasteiger charge is 2.21. The van der Waals surface area contributed by atoms with Crippen LogP contribution in [-0.2, 0) is 10.8 Å². The fourth-order valence-corrected chi connectivity index (χ4v) is 5.75. The molecule has 0 saturated heterocycles. The van der Waals surface area contributed by atoms with E-state index in [1.165, 1.54) is 65.7 Å². The molecule has 0 fully saturated rings. The predicted molar refractivity (Wildman–Crippen MR) is 167 cm³/mol. The van der Waals surface area contributed by atoms with Gasteiger partial charge >= 0.3 is 0 Å². The Morgan fingerprint density at radius 2 is 0.868 bits per heavy atom. The van der Waals surface area contributed by atoms with E-state index in [1.54, 1.807) is 0 Å². The summed E-state index contributed by atoms with van der Waals surface area (Å²) < 4.78 is 0. The van der Waals surface area contributed by atoms with Crippen molar-refractivity contribution in [3.05, 3.63) is 120 Å². The minimum Gasteiger partial charge on any atom is -0.0616 e. The molecule has 0 saturated carbocycles. The molecule has 0 nitrogen and oxygen atoms in total. The summed E-state index contributed by atoms with van der Waals surface area (Å²) in [6.07, 6.45) is 0. The molecule has 0 radical (unpaired) electrons. The summed E-state index contributed by atoms with van der Waals surface area (Å²) in [7, 11) is 0. The van der Waals surface area contributed by atoms with Crippen molar-refractivity contribution in [1.29, 1.82) is 0 Å². The van der Waals surface area contributed by atoms with Crippen LogP contribution >= 0.6 is 0 Å². The van der Waals surface area contributed by atoms with Crippen molar-refractivity contribution in [2.75, 3.05) is 0 Å². The van der Waals surface area contributed by atoms with E-state index in [1.807, 2.05) is 0 Å².